The highest BCUT2D eigenvalue weighted by Gasteiger charge is 1.91. The molecule has 0 atom stereocenters. The van der Waals surface area contributed by atoms with Crippen LogP contribution in [0.15, 0.2) is 24.3 Å². The quantitative estimate of drug-likeness (QED) is 0.578. The molecule has 1 rings (SSSR count). The van der Waals surface area contributed by atoms with E-state index in [-0.39, 0.29) is 0 Å². The van der Waals surface area contributed by atoms with Crippen molar-refractivity contribution in [1.82, 2.24) is 0 Å². The first kappa shape index (κ1) is 16.4. The molecule has 0 fully saturated rings. The van der Waals surface area contributed by atoms with Crippen LogP contribution in [0.25, 0.3) is 6.08 Å². The Kier molecular flexibility index (Phi) is 12.1. The normalized spacial score (nSPS) is 8.73. The van der Waals surface area contributed by atoms with Gasteiger partial charge in [-0.15, -0.1) is 0 Å². The summed E-state index contributed by atoms with van der Waals surface area (Å²) >= 11 is 0. The average Bonchev–Trinajstić information content (AvgIpc) is 2.30. The van der Waals surface area contributed by atoms with Crippen LogP contribution < -0.4 is 0 Å². The van der Waals surface area contributed by atoms with E-state index in [4.69, 9.17) is 0 Å². The van der Waals surface area contributed by atoms with Crippen LogP contribution >= 0.6 is 0 Å². The second-order valence-corrected chi connectivity index (χ2v) is 2.84. The zero-order chi connectivity index (χ0) is 12.3. The first-order valence-corrected chi connectivity index (χ1v) is 5.94. The van der Waals surface area contributed by atoms with Gasteiger partial charge in [-0.1, -0.05) is 58.0 Å². The van der Waals surface area contributed by atoms with Gasteiger partial charge in [-0.2, -0.15) is 0 Å². The Morgan fingerprint density at radius 1 is 0.867 bits per heavy atom. The van der Waals surface area contributed by atoms with Gasteiger partial charge in [0.1, 0.15) is 0 Å². The monoisotopic (exact) mass is 206 g/mol. The van der Waals surface area contributed by atoms with Gasteiger partial charge in [0, 0.05) is 0 Å². The highest BCUT2D eigenvalue weighted by molar-refractivity contribution is 5.51. The minimum Gasteiger partial charge on any atom is -0.0871 e. The van der Waals surface area contributed by atoms with Crippen LogP contribution in [0.5, 0.6) is 0 Å². The van der Waals surface area contributed by atoms with Gasteiger partial charge >= 0.3 is 0 Å². The molecule has 0 spiro atoms. The van der Waals surface area contributed by atoms with Crippen LogP contribution in [-0.4, -0.2) is 0 Å². The molecule has 0 N–H and O–H groups in total. The smallest absolute Gasteiger partial charge is 0.0257 e. The van der Waals surface area contributed by atoms with Crippen molar-refractivity contribution < 1.29 is 0 Å². The topological polar surface area (TPSA) is 0 Å². The van der Waals surface area contributed by atoms with Crippen LogP contribution in [0.1, 0.15) is 51.3 Å². The number of rotatable bonds is 1. The molecule has 1 aromatic carbocycles. The summed E-state index contributed by atoms with van der Waals surface area (Å²) in [5, 5.41) is 0. The average molecular weight is 206 g/mol. The Balaban J connectivity index is 0. The summed E-state index contributed by atoms with van der Waals surface area (Å²) < 4.78 is 0. The summed E-state index contributed by atoms with van der Waals surface area (Å²) in [4.78, 5) is 0. The molecule has 0 aliphatic heterocycles. The van der Waals surface area contributed by atoms with Crippen molar-refractivity contribution in [2.24, 2.45) is 0 Å². The molecule has 0 aromatic heterocycles. The van der Waals surface area contributed by atoms with Crippen molar-refractivity contribution in [2.75, 3.05) is 0 Å². The van der Waals surface area contributed by atoms with Crippen LogP contribution in [-0.2, 0) is 0 Å². The van der Waals surface area contributed by atoms with Gasteiger partial charge in [0.05, 0.1) is 0 Å². The number of benzene rings is 1. The lowest BCUT2D eigenvalue weighted by Crippen LogP contribution is -1.80. The Bertz CT molecular complexity index is 269. The van der Waals surface area contributed by atoms with Crippen molar-refractivity contribution in [3.8, 4) is 0 Å². The van der Waals surface area contributed by atoms with Crippen LogP contribution in [0.4, 0.5) is 0 Å². The number of hydrogen-bond acceptors (Lipinski definition) is 0. The highest BCUT2D eigenvalue weighted by Crippen LogP contribution is 2.10. The maximum absolute atomic E-state index is 2.20. The van der Waals surface area contributed by atoms with Crippen LogP contribution in [0.3, 0.4) is 0 Å². The van der Waals surface area contributed by atoms with E-state index in [1.807, 2.05) is 34.6 Å². The van der Waals surface area contributed by atoms with Crippen molar-refractivity contribution in [2.45, 2.75) is 48.5 Å². The molecule has 15 heavy (non-hydrogen) atoms. The third kappa shape index (κ3) is 6.96. The van der Waals surface area contributed by atoms with E-state index in [1.165, 1.54) is 16.7 Å². The Morgan fingerprint density at radius 2 is 1.40 bits per heavy atom. The first-order chi connectivity index (χ1) is 7.24. The van der Waals surface area contributed by atoms with Crippen molar-refractivity contribution in [1.29, 1.82) is 0 Å². The number of allylic oxidation sites excluding steroid dienone is 1. The van der Waals surface area contributed by atoms with Gasteiger partial charge in [-0.25, -0.2) is 0 Å². The molecule has 1 aromatic rings. The Labute approximate surface area is 96.0 Å². The molecular weight excluding hydrogens is 180 g/mol. The van der Waals surface area contributed by atoms with Crippen molar-refractivity contribution in [3.05, 3.63) is 41.0 Å². The molecule has 0 amide bonds. The van der Waals surface area contributed by atoms with Gasteiger partial charge < -0.3 is 0 Å². The maximum Gasteiger partial charge on any atom is -0.0257 e. The second kappa shape index (κ2) is 11.0. The Hall–Kier alpha value is -1.04. The molecule has 0 heterocycles. The fourth-order valence-electron chi connectivity index (χ4n) is 1.06. The van der Waals surface area contributed by atoms with Crippen molar-refractivity contribution in [3.63, 3.8) is 0 Å². The van der Waals surface area contributed by atoms with Gasteiger partial charge in [-0.3, -0.25) is 0 Å². The number of aryl methyl sites for hydroxylation is 2. The summed E-state index contributed by atoms with van der Waals surface area (Å²) in [6, 6.07) is 6.50. The largest absolute Gasteiger partial charge is 0.0871 e. The summed E-state index contributed by atoms with van der Waals surface area (Å²) in [7, 11) is 0. The molecule has 0 unspecified atom stereocenters. The van der Waals surface area contributed by atoms with E-state index in [1.54, 1.807) is 0 Å². The first-order valence-electron chi connectivity index (χ1n) is 5.94. The molecule has 0 nitrogen and oxygen atoms in total. The van der Waals surface area contributed by atoms with E-state index >= 15 is 0 Å². The highest BCUT2D eigenvalue weighted by atomic mass is 14.0. The summed E-state index contributed by atoms with van der Waals surface area (Å²) in [6.07, 6.45) is 4.18. The van der Waals surface area contributed by atoms with Crippen LogP contribution in [0, 0.1) is 13.8 Å². The lowest BCUT2D eigenvalue weighted by molar-refractivity contribution is 1.33. The predicted molar refractivity (Wildman–Crippen MR) is 73.3 cm³/mol. The maximum atomic E-state index is 2.20. The fourth-order valence-corrected chi connectivity index (χ4v) is 1.06. The fraction of sp³-hybridized carbons (Fsp3) is 0.467. The molecule has 0 aliphatic rings. The number of hydrogen-bond donors (Lipinski definition) is 0. The van der Waals surface area contributed by atoms with E-state index in [9.17, 15) is 0 Å². The standard InChI is InChI=1S/C11H14.2C2H6/c1-4-5-11-7-6-9(2)10(3)8-11;2*1-2/h4-8H,1-3H3;2*1-2H3/b5-4+;;. The molecule has 0 aliphatic carbocycles. The zero-order valence-corrected chi connectivity index (χ0v) is 11.4. The third-order valence-corrected chi connectivity index (χ3v) is 1.89. The molecule has 0 radical (unpaired) electrons. The summed E-state index contributed by atoms with van der Waals surface area (Å²) in [5.41, 5.74) is 4.01. The predicted octanol–water partition coefficient (Wildman–Crippen LogP) is 5.39. The lowest BCUT2D eigenvalue weighted by Gasteiger charge is -1.99. The molecule has 0 saturated heterocycles. The van der Waals surface area contributed by atoms with Gasteiger partial charge in [0.15, 0.2) is 0 Å². The van der Waals surface area contributed by atoms with Gasteiger partial charge in [0.25, 0.3) is 0 Å². The van der Waals surface area contributed by atoms with Crippen LogP contribution in [0.2, 0.25) is 0 Å². The minimum atomic E-state index is 1.29. The second-order valence-electron chi connectivity index (χ2n) is 2.84. The molecule has 0 bridgehead atoms. The minimum absolute atomic E-state index is 1.29. The van der Waals surface area contributed by atoms with E-state index in [0.29, 0.717) is 0 Å². The summed E-state index contributed by atoms with van der Waals surface area (Å²) in [5.74, 6) is 0. The Morgan fingerprint density at radius 3 is 1.80 bits per heavy atom. The SMILES string of the molecule is C/C=C/c1ccc(C)c(C)c1.CC.CC. The molecule has 86 valence electrons. The van der Waals surface area contributed by atoms with E-state index < -0.39 is 0 Å². The summed E-state index contributed by atoms with van der Waals surface area (Å²) in [6.45, 7) is 14.3. The molecule has 0 saturated carbocycles. The lowest BCUT2D eigenvalue weighted by atomic mass is 10.1. The van der Waals surface area contributed by atoms with E-state index in [2.05, 4.69) is 44.2 Å². The van der Waals surface area contributed by atoms with Crippen molar-refractivity contribution >= 4 is 6.08 Å². The van der Waals surface area contributed by atoms with Gasteiger partial charge in [-0.05, 0) is 37.5 Å². The van der Waals surface area contributed by atoms with Gasteiger partial charge in [0.2, 0.25) is 0 Å². The molecule has 0 heteroatoms. The molecular formula is C15H26. The van der Waals surface area contributed by atoms with E-state index in [0.717, 1.165) is 0 Å². The zero-order valence-electron chi connectivity index (χ0n) is 11.4. The third-order valence-electron chi connectivity index (χ3n) is 1.89.